The van der Waals surface area contributed by atoms with Gasteiger partial charge in [-0.1, -0.05) is 13.8 Å². The summed E-state index contributed by atoms with van der Waals surface area (Å²) in [5.41, 5.74) is 2.34. The first kappa shape index (κ1) is 12.5. The zero-order valence-corrected chi connectivity index (χ0v) is 11.0. The van der Waals surface area contributed by atoms with Gasteiger partial charge in [-0.25, -0.2) is 4.98 Å². The minimum absolute atomic E-state index is 0.0684. The SMILES string of the molecule is CCCn1nccc1-c1nc(CC)c(C)c(=O)[nH]1. The lowest BCUT2D eigenvalue weighted by Crippen LogP contribution is -2.17. The monoisotopic (exact) mass is 246 g/mol. The van der Waals surface area contributed by atoms with Gasteiger partial charge in [0.25, 0.3) is 5.56 Å². The fraction of sp³-hybridized carbons (Fsp3) is 0.462. The first-order chi connectivity index (χ1) is 8.67. The molecule has 5 nitrogen and oxygen atoms in total. The highest BCUT2D eigenvalue weighted by Gasteiger charge is 2.11. The molecule has 2 aromatic heterocycles. The van der Waals surface area contributed by atoms with Crippen molar-refractivity contribution in [3.63, 3.8) is 0 Å². The van der Waals surface area contributed by atoms with Crippen LogP contribution in [-0.2, 0) is 13.0 Å². The van der Waals surface area contributed by atoms with Gasteiger partial charge in [0.2, 0.25) is 0 Å². The Morgan fingerprint density at radius 2 is 2.17 bits per heavy atom. The molecule has 0 aliphatic rings. The van der Waals surface area contributed by atoms with E-state index in [-0.39, 0.29) is 5.56 Å². The van der Waals surface area contributed by atoms with E-state index in [0.717, 1.165) is 30.8 Å². The molecule has 0 amide bonds. The summed E-state index contributed by atoms with van der Waals surface area (Å²) in [4.78, 5) is 19.2. The zero-order chi connectivity index (χ0) is 13.1. The van der Waals surface area contributed by atoms with E-state index >= 15 is 0 Å². The third kappa shape index (κ3) is 2.20. The van der Waals surface area contributed by atoms with Crippen molar-refractivity contribution < 1.29 is 0 Å². The van der Waals surface area contributed by atoms with Crippen LogP contribution in [0.1, 0.15) is 31.5 Å². The van der Waals surface area contributed by atoms with Crippen molar-refractivity contribution in [3.8, 4) is 11.5 Å². The van der Waals surface area contributed by atoms with Crippen LogP contribution < -0.4 is 5.56 Å². The summed E-state index contributed by atoms with van der Waals surface area (Å²) in [5, 5.41) is 4.24. The van der Waals surface area contributed by atoms with E-state index in [0.29, 0.717) is 11.4 Å². The molecule has 2 rings (SSSR count). The van der Waals surface area contributed by atoms with Gasteiger partial charge >= 0.3 is 0 Å². The van der Waals surface area contributed by atoms with Crippen LogP contribution in [0.25, 0.3) is 11.5 Å². The first-order valence-corrected chi connectivity index (χ1v) is 6.29. The van der Waals surface area contributed by atoms with E-state index in [2.05, 4.69) is 22.0 Å². The van der Waals surface area contributed by atoms with Crippen LogP contribution >= 0.6 is 0 Å². The number of hydrogen-bond acceptors (Lipinski definition) is 3. The molecular formula is C13H18N4O. The summed E-state index contributed by atoms with van der Waals surface area (Å²) >= 11 is 0. The molecule has 0 aromatic carbocycles. The number of nitrogens with zero attached hydrogens (tertiary/aromatic N) is 3. The molecule has 0 saturated heterocycles. The van der Waals surface area contributed by atoms with E-state index < -0.39 is 0 Å². The molecule has 96 valence electrons. The Morgan fingerprint density at radius 3 is 2.83 bits per heavy atom. The molecule has 18 heavy (non-hydrogen) atoms. The minimum atomic E-state index is -0.0684. The number of hydrogen-bond donors (Lipinski definition) is 1. The number of aryl methyl sites for hydroxylation is 2. The molecule has 0 fully saturated rings. The maximum absolute atomic E-state index is 11.9. The lowest BCUT2D eigenvalue weighted by Gasteiger charge is -2.08. The second-order valence-corrected chi connectivity index (χ2v) is 4.28. The average molecular weight is 246 g/mol. The lowest BCUT2D eigenvalue weighted by atomic mass is 10.2. The summed E-state index contributed by atoms with van der Waals surface area (Å²) in [5.74, 6) is 0.605. The molecule has 1 N–H and O–H groups in total. The topological polar surface area (TPSA) is 63.6 Å². The smallest absolute Gasteiger partial charge is 0.254 e. The maximum atomic E-state index is 11.9. The normalized spacial score (nSPS) is 10.8. The number of nitrogens with one attached hydrogen (secondary N) is 1. The van der Waals surface area contributed by atoms with Crippen LogP contribution in [0.4, 0.5) is 0 Å². The van der Waals surface area contributed by atoms with Gasteiger partial charge in [-0.05, 0) is 25.8 Å². The predicted octanol–water partition coefficient (Wildman–Crippen LogP) is 1.91. The standard InChI is InChI=1S/C13H18N4O/c1-4-8-17-11(6-7-14-17)12-15-10(5-2)9(3)13(18)16-12/h6-7H,4-5,8H2,1-3H3,(H,15,16,18). The molecular weight excluding hydrogens is 228 g/mol. The Bertz CT molecular complexity index is 597. The number of rotatable bonds is 4. The Balaban J connectivity index is 2.54. The molecule has 5 heteroatoms. The number of aromatic amines is 1. The third-order valence-corrected chi connectivity index (χ3v) is 2.98. The van der Waals surface area contributed by atoms with E-state index in [9.17, 15) is 4.79 Å². The van der Waals surface area contributed by atoms with Crippen LogP contribution in [0.5, 0.6) is 0 Å². The van der Waals surface area contributed by atoms with E-state index in [1.165, 1.54) is 0 Å². The average Bonchev–Trinajstić information content (AvgIpc) is 2.81. The van der Waals surface area contributed by atoms with Gasteiger partial charge in [-0.15, -0.1) is 0 Å². The van der Waals surface area contributed by atoms with Gasteiger partial charge in [0, 0.05) is 18.3 Å². The van der Waals surface area contributed by atoms with Crippen molar-refractivity contribution in [1.29, 1.82) is 0 Å². The maximum Gasteiger partial charge on any atom is 0.254 e. The Kier molecular flexibility index (Phi) is 3.60. The van der Waals surface area contributed by atoms with Crippen LogP contribution in [0.2, 0.25) is 0 Å². The molecule has 2 heterocycles. The van der Waals surface area contributed by atoms with E-state index in [1.54, 1.807) is 13.1 Å². The molecule has 0 saturated carbocycles. The van der Waals surface area contributed by atoms with Gasteiger partial charge in [0.1, 0.15) is 5.69 Å². The number of aromatic nitrogens is 4. The molecule has 0 spiro atoms. The van der Waals surface area contributed by atoms with Crippen LogP contribution in [0.3, 0.4) is 0 Å². The lowest BCUT2D eigenvalue weighted by molar-refractivity contribution is 0.606. The Morgan fingerprint density at radius 1 is 1.39 bits per heavy atom. The third-order valence-electron chi connectivity index (χ3n) is 2.98. The fourth-order valence-corrected chi connectivity index (χ4v) is 1.97. The molecule has 2 aromatic rings. The Hall–Kier alpha value is -1.91. The van der Waals surface area contributed by atoms with Gasteiger partial charge in [-0.3, -0.25) is 9.48 Å². The zero-order valence-electron chi connectivity index (χ0n) is 11.0. The first-order valence-electron chi connectivity index (χ1n) is 6.29. The molecule has 0 bridgehead atoms. The largest absolute Gasteiger partial charge is 0.305 e. The fourth-order valence-electron chi connectivity index (χ4n) is 1.97. The van der Waals surface area contributed by atoms with Gasteiger partial charge in [0.05, 0.1) is 5.69 Å². The highest BCUT2D eigenvalue weighted by atomic mass is 16.1. The van der Waals surface area contributed by atoms with Gasteiger partial charge in [-0.2, -0.15) is 5.10 Å². The minimum Gasteiger partial charge on any atom is -0.305 e. The summed E-state index contributed by atoms with van der Waals surface area (Å²) in [7, 11) is 0. The van der Waals surface area contributed by atoms with Gasteiger partial charge < -0.3 is 4.98 Å². The van der Waals surface area contributed by atoms with Crippen molar-refractivity contribution in [2.45, 2.75) is 40.2 Å². The van der Waals surface area contributed by atoms with Crippen LogP contribution in [0, 0.1) is 6.92 Å². The summed E-state index contributed by atoms with van der Waals surface area (Å²) in [6.45, 7) is 6.72. The second-order valence-electron chi connectivity index (χ2n) is 4.28. The van der Waals surface area contributed by atoms with Crippen LogP contribution in [0.15, 0.2) is 17.1 Å². The van der Waals surface area contributed by atoms with Crippen molar-refractivity contribution >= 4 is 0 Å². The van der Waals surface area contributed by atoms with Crippen molar-refractivity contribution in [2.75, 3.05) is 0 Å². The molecule has 0 atom stereocenters. The van der Waals surface area contributed by atoms with E-state index in [4.69, 9.17) is 0 Å². The highest BCUT2D eigenvalue weighted by Crippen LogP contribution is 2.14. The van der Waals surface area contributed by atoms with E-state index in [1.807, 2.05) is 17.7 Å². The highest BCUT2D eigenvalue weighted by molar-refractivity contribution is 5.49. The van der Waals surface area contributed by atoms with Crippen molar-refractivity contribution in [2.24, 2.45) is 0 Å². The summed E-state index contributed by atoms with van der Waals surface area (Å²) in [6.07, 6.45) is 3.48. The van der Waals surface area contributed by atoms with Gasteiger partial charge in [0.15, 0.2) is 5.82 Å². The van der Waals surface area contributed by atoms with Crippen molar-refractivity contribution in [3.05, 3.63) is 33.9 Å². The quantitative estimate of drug-likeness (QED) is 0.896. The molecule has 0 unspecified atom stereocenters. The summed E-state index contributed by atoms with van der Waals surface area (Å²) in [6, 6.07) is 1.88. The summed E-state index contributed by atoms with van der Waals surface area (Å²) < 4.78 is 1.87. The van der Waals surface area contributed by atoms with Crippen LogP contribution in [-0.4, -0.2) is 19.7 Å². The van der Waals surface area contributed by atoms with Crippen molar-refractivity contribution in [1.82, 2.24) is 19.7 Å². The Labute approximate surface area is 106 Å². The second kappa shape index (κ2) is 5.16. The molecule has 0 radical (unpaired) electrons. The molecule has 0 aliphatic carbocycles. The number of H-pyrrole nitrogens is 1. The predicted molar refractivity (Wildman–Crippen MR) is 70.5 cm³/mol. The molecule has 0 aliphatic heterocycles.